The van der Waals surface area contributed by atoms with Gasteiger partial charge in [-0.3, -0.25) is 4.79 Å². The summed E-state index contributed by atoms with van der Waals surface area (Å²) in [6.07, 6.45) is 17.4. The van der Waals surface area contributed by atoms with Gasteiger partial charge in [0.1, 0.15) is 0 Å². The maximum atomic E-state index is 12.8. The Balaban J connectivity index is 1.37. The highest BCUT2D eigenvalue weighted by Crippen LogP contribution is 2.50. The number of carbonyl (C=O) groups is 1. The molecule has 0 unspecified atom stereocenters. The monoisotopic (exact) mass is 287 g/mol. The molecular formula is C19H29NO. The average Bonchev–Trinajstić information content (AvgIpc) is 3.11. The topological polar surface area (TPSA) is 20.3 Å². The minimum absolute atomic E-state index is 0.428. The normalized spacial score (nSPS) is 41.9. The molecule has 1 spiro atoms. The lowest BCUT2D eigenvalue weighted by molar-refractivity contribution is -0.136. The van der Waals surface area contributed by atoms with Gasteiger partial charge in [0.25, 0.3) is 0 Å². The van der Waals surface area contributed by atoms with Crippen LogP contribution >= 0.6 is 0 Å². The van der Waals surface area contributed by atoms with E-state index in [9.17, 15) is 4.79 Å². The van der Waals surface area contributed by atoms with Crippen LogP contribution in [0.2, 0.25) is 0 Å². The molecule has 1 heterocycles. The molecule has 0 aromatic carbocycles. The van der Waals surface area contributed by atoms with Crippen LogP contribution in [0.3, 0.4) is 0 Å². The standard InChI is InChI=1S/C19H29NO/c21-18(13-17-12-15-5-6-16(17)11-15)20-10-4-9-19(14-20)7-2-1-3-8-19/h1-2,15-17H,3-14H2/t15-,16-,17+,19+/m0/s1. The summed E-state index contributed by atoms with van der Waals surface area (Å²) in [5, 5.41) is 0. The van der Waals surface area contributed by atoms with Gasteiger partial charge >= 0.3 is 0 Å². The van der Waals surface area contributed by atoms with Crippen molar-refractivity contribution in [2.45, 2.75) is 64.2 Å². The van der Waals surface area contributed by atoms with E-state index in [0.29, 0.717) is 11.3 Å². The summed E-state index contributed by atoms with van der Waals surface area (Å²) < 4.78 is 0. The maximum Gasteiger partial charge on any atom is 0.222 e. The van der Waals surface area contributed by atoms with Gasteiger partial charge in [-0.05, 0) is 74.5 Å². The third-order valence-corrected chi connectivity index (χ3v) is 6.89. The predicted octanol–water partition coefficient (Wildman–Crippen LogP) is 4.16. The molecule has 2 saturated carbocycles. The Morgan fingerprint density at radius 1 is 1.19 bits per heavy atom. The second-order valence-electron chi connectivity index (χ2n) is 8.27. The highest BCUT2D eigenvalue weighted by Gasteiger charge is 2.42. The minimum atomic E-state index is 0.428. The van der Waals surface area contributed by atoms with Crippen molar-refractivity contribution in [3.8, 4) is 0 Å². The fraction of sp³-hybridized carbons (Fsp3) is 0.842. The van der Waals surface area contributed by atoms with E-state index in [-0.39, 0.29) is 0 Å². The zero-order valence-corrected chi connectivity index (χ0v) is 13.2. The number of hydrogen-bond donors (Lipinski definition) is 0. The molecule has 1 amide bonds. The summed E-state index contributed by atoms with van der Waals surface area (Å²) in [6.45, 7) is 2.06. The van der Waals surface area contributed by atoms with E-state index >= 15 is 0 Å². The molecule has 2 heteroatoms. The first-order valence-electron chi connectivity index (χ1n) is 9.17. The fourth-order valence-corrected chi connectivity index (χ4v) is 5.71. The van der Waals surface area contributed by atoms with Crippen molar-refractivity contribution in [1.29, 1.82) is 0 Å². The van der Waals surface area contributed by atoms with Crippen molar-refractivity contribution < 1.29 is 4.79 Å². The Hall–Kier alpha value is -0.790. The van der Waals surface area contributed by atoms with Gasteiger partial charge in [-0.25, -0.2) is 0 Å². The molecule has 4 atom stereocenters. The maximum absolute atomic E-state index is 12.8. The molecule has 0 N–H and O–H groups in total. The van der Waals surface area contributed by atoms with E-state index in [1.54, 1.807) is 0 Å². The van der Waals surface area contributed by atoms with E-state index < -0.39 is 0 Å². The summed E-state index contributed by atoms with van der Waals surface area (Å²) in [4.78, 5) is 15.0. The van der Waals surface area contributed by atoms with Gasteiger partial charge in [0, 0.05) is 19.5 Å². The number of allylic oxidation sites excluding steroid dienone is 2. The fourth-order valence-electron chi connectivity index (χ4n) is 5.71. The van der Waals surface area contributed by atoms with Crippen molar-refractivity contribution in [3.05, 3.63) is 12.2 Å². The van der Waals surface area contributed by atoms with Gasteiger partial charge in [0.15, 0.2) is 0 Å². The Kier molecular flexibility index (Phi) is 3.59. The Morgan fingerprint density at radius 3 is 2.86 bits per heavy atom. The Morgan fingerprint density at radius 2 is 2.14 bits per heavy atom. The number of rotatable bonds is 2. The van der Waals surface area contributed by atoms with Crippen LogP contribution < -0.4 is 0 Å². The molecule has 21 heavy (non-hydrogen) atoms. The molecule has 3 fully saturated rings. The number of nitrogens with zero attached hydrogens (tertiary/aromatic N) is 1. The zero-order chi connectivity index (χ0) is 14.3. The molecule has 0 aromatic rings. The lowest BCUT2D eigenvalue weighted by atomic mass is 9.71. The first-order chi connectivity index (χ1) is 10.2. The highest BCUT2D eigenvalue weighted by atomic mass is 16.2. The van der Waals surface area contributed by atoms with Gasteiger partial charge in [0.05, 0.1) is 0 Å². The SMILES string of the molecule is O=C(C[C@H]1C[C@H]2CC[C@H]1C2)N1CCC[C@]2(CC=CCC2)C1. The Bertz CT molecular complexity index is 443. The number of piperidine rings is 1. The highest BCUT2D eigenvalue weighted by molar-refractivity contribution is 5.76. The summed E-state index contributed by atoms with van der Waals surface area (Å²) in [7, 11) is 0. The van der Waals surface area contributed by atoms with Crippen molar-refractivity contribution in [1.82, 2.24) is 4.90 Å². The first kappa shape index (κ1) is 13.8. The molecule has 1 aliphatic heterocycles. The second-order valence-corrected chi connectivity index (χ2v) is 8.27. The number of likely N-dealkylation sites (tertiary alicyclic amines) is 1. The van der Waals surface area contributed by atoms with Crippen molar-refractivity contribution in [2.24, 2.45) is 23.2 Å². The minimum Gasteiger partial charge on any atom is -0.342 e. The molecule has 2 bridgehead atoms. The summed E-state index contributed by atoms with van der Waals surface area (Å²) in [5.74, 6) is 3.04. The number of carbonyl (C=O) groups excluding carboxylic acids is 1. The van der Waals surface area contributed by atoms with E-state index in [2.05, 4.69) is 17.1 Å². The van der Waals surface area contributed by atoms with Crippen molar-refractivity contribution >= 4 is 5.91 Å². The second kappa shape index (κ2) is 5.44. The lowest BCUT2D eigenvalue weighted by Crippen LogP contribution is -2.47. The number of fused-ring (bicyclic) bond motifs is 2. The largest absolute Gasteiger partial charge is 0.342 e. The van der Waals surface area contributed by atoms with Crippen LogP contribution in [0.4, 0.5) is 0 Å². The van der Waals surface area contributed by atoms with E-state index in [1.165, 1.54) is 57.8 Å². The van der Waals surface area contributed by atoms with Crippen LogP contribution in [0, 0.1) is 23.2 Å². The van der Waals surface area contributed by atoms with E-state index in [0.717, 1.165) is 37.3 Å². The van der Waals surface area contributed by atoms with Gasteiger partial charge in [0.2, 0.25) is 5.91 Å². The number of hydrogen-bond acceptors (Lipinski definition) is 1. The van der Waals surface area contributed by atoms with E-state index in [1.807, 2.05) is 0 Å². The van der Waals surface area contributed by atoms with Crippen molar-refractivity contribution in [3.63, 3.8) is 0 Å². The molecule has 0 radical (unpaired) electrons. The lowest BCUT2D eigenvalue weighted by Gasteiger charge is -2.44. The quantitative estimate of drug-likeness (QED) is 0.698. The van der Waals surface area contributed by atoms with E-state index in [4.69, 9.17) is 0 Å². The molecular weight excluding hydrogens is 258 g/mol. The molecule has 4 aliphatic rings. The van der Waals surface area contributed by atoms with Gasteiger partial charge in [-0.1, -0.05) is 18.6 Å². The number of amides is 1. The predicted molar refractivity (Wildman–Crippen MR) is 84.8 cm³/mol. The molecule has 2 nitrogen and oxygen atoms in total. The molecule has 1 saturated heterocycles. The summed E-state index contributed by atoms with van der Waals surface area (Å²) >= 11 is 0. The van der Waals surface area contributed by atoms with Crippen LogP contribution in [0.1, 0.15) is 64.2 Å². The molecule has 3 aliphatic carbocycles. The first-order valence-corrected chi connectivity index (χ1v) is 9.17. The van der Waals surface area contributed by atoms with Crippen molar-refractivity contribution in [2.75, 3.05) is 13.1 Å². The summed E-state index contributed by atoms with van der Waals surface area (Å²) in [6, 6.07) is 0. The van der Waals surface area contributed by atoms with Crippen LogP contribution in [0.25, 0.3) is 0 Å². The van der Waals surface area contributed by atoms with Gasteiger partial charge in [-0.2, -0.15) is 0 Å². The third-order valence-electron chi connectivity index (χ3n) is 6.89. The van der Waals surface area contributed by atoms with Crippen LogP contribution in [0.5, 0.6) is 0 Å². The average molecular weight is 287 g/mol. The zero-order valence-electron chi connectivity index (χ0n) is 13.2. The Labute approximate surface area is 129 Å². The van der Waals surface area contributed by atoms with Crippen LogP contribution in [-0.4, -0.2) is 23.9 Å². The van der Waals surface area contributed by atoms with Gasteiger partial charge in [-0.15, -0.1) is 0 Å². The third kappa shape index (κ3) is 2.66. The smallest absolute Gasteiger partial charge is 0.222 e. The van der Waals surface area contributed by atoms with Gasteiger partial charge < -0.3 is 4.90 Å². The molecule has 4 rings (SSSR count). The summed E-state index contributed by atoms with van der Waals surface area (Å²) in [5.41, 5.74) is 0.428. The molecule has 0 aromatic heterocycles. The van der Waals surface area contributed by atoms with Crippen LogP contribution in [-0.2, 0) is 4.79 Å². The van der Waals surface area contributed by atoms with Crippen LogP contribution in [0.15, 0.2) is 12.2 Å². The molecule has 116 valence electrons.